The number of nitrogens with zero attached hydrogens (tertiary/aromatic N) is 2. The third kappa shape index (κ3) is 5.45. The number of rotatable bonds is 7. The molecule has 0 spiro atoms. The first-order valence-electron chi connectivity index (χ1n) is 8.97. The molecule has 0 atom stereocenters. The first-order chi connectivity index (χ1) is 14.0. The predicted molar refractivity (Wildman–Crippen MR) is 115 cm³/mol. The monoisotopic (exact) mass is 456 g/mol. The van der Waals surface area contributed by atoms with Crippen LogP contribution in [-0.2, 0) is 11.3 Å². The Morgan fingerprint density at radius 2 is 2.03 bits per heavy atom. The third-order valence-corrected chi connectivity index (χ3v) is 4.75. The highest BCUT2D eigenvalue weighted by molar-refractivity contribution is 9.10. The predicted octanol–water partition coefficient (Wildman–Crippen LogP) is 4.24. The lowest BCUT2D eigenvalue weighted by Crippen LogP contribution is -2.16. The van der Waals surface area contributed by atoms with E-state index in [1.54, 1.807) is 56.2 Å². The van der Waals surface area contributed by atoms with E-state index >= 15 is 0 Å². The molecule has 3 aromatic rings. The van der Waals surface area contributed by atoms with E-state index in [1.165, 1.54) is 0 Å². The molecule has 0 radical (unpaired) electrons. The van der Waals surface area contributed by atoms with Gasteiger partial charge in [-0.15, -0.1) is 0 Å². The zero-order valence-electron chi connectivity index (χ0n) is 16.1. The Bertz CT molecular complexity index is 1020. The molecule has 0 aliphatic rings. The fraction of sp³-hybridized carbons (Fsp3) is 0.190. The standard InChI is InChI=1S/C21H21BrN4O3/c1-14-10-16(22)12-18(29-2)20(14)25-21(28)15-4-3-5-17(11-15)24-19(27)6-8-26-9-7-23-13-26/h3-5,7,9-13H,6,8H2,1-2H3,(H,24,27)(H,25,28). The Balaban J connectivity index is 1.67. The summed E-state index contributed by atoms with van der Waals surface area (Å²) in [7, 11) is 1.55. The van der Waals surface area contributed by atoms with Crippen LogP contribution >= 0.6 is 15.9 Å². The van der Waals surface area contributed by atoms with Crippen LogP contribution in [0.15, 0.2) is 59.6 Å². The minimum Gasteiger partial charge on any atom is -0.495 e. The van der Waals surface area contributed by atoms with Crippen LogP contribution in [0.4, 0.5) is 11.4 Å². The maximum absolute atomic E-state index is 12.7. The molecule has 2 amide bonds. The summed E-state index contributed by atoms with van der Waals surface area (Å²) in [6.07, 6.45) is 5.44. The first kappa shape index (κ1) is 20.6. The van der Waals surface area contributed by atoms with Gasteiger partial charge in [0.05, 0.1) is 19.1 Å². The summed E-state index contributed by atoms with van der Waals surface area (Å²) < 4.78 is 8.07. The largest absolute Gasteiger partial charge is 0.495 e. The highest BCUT2D eigenvalue weighted by atomic mass is 79.9. The van der Waals surface area contributed by atoms with Crippen LogP contribution in [0.25, 0.3) is 0 Å². The number of hydrogen-bond acceptors (Lipinski definition) is 4. The van der Waals surface area contributed by atoms with Crippen molar-refractivity contribution in [1.82, 2.24) is 9.55 Å². The van der Waals surface area contributed by atoms with Gasteiger partial charge in [-0.25, -0.2) is 4.98 Å². The van der Waals surface area contributed by atoms with Gasteiger partial charge in [-0.2, -0.15) is 0 Å². The van der Waals surface area contributed by atoms with Crippen LogP contribution in [-0.4, -0.2) is 28.5 Å². The number of carbonyl (C=O) groups excluding carboxylic acids is 2. The summed E-state index contributed by atoms with van der Waals surface area (Å²) >= 11 is 3.42. The summed E-state index contributed by atoms with van der Waals surface area (Å²) in [5.74, 6) is 0.138. The smallest absolute Gasteiger partial charge is 0.255 e. The van der Waals surface area contributed by atoms with Gasteiger partial charge in [0, 0.05) is 41.1 Å². The van der Waals surface area contributed by atoms with E-state index in [-0.39, 0.29) is 11.8 Å². The Hall–Kier alpha value is -3.13. The molecular formula is C21H21BrN4O3. The maximum Gasteiger partial charge on any atom is 0.255 e. The molecule has 150 valence electrons. The molecule has 0 aliphatic carbocycles. The zero-order chi connectivity index (χ0) is 20.8. The average Bonchev–Trinajstić information content (AvgIpc) is 3.22. The molecule has 0 bridgehead atoms. The van der Waals surface area contributed by atoms with E-state index in [0.717, 1.165) is 10.0 Å². The highest BCUT2D eigenvalue weighted by Crippen LogP contribution is 2.32. The number of hydrogen-bond donors (Lipinski definition) is 2. The number of aryl methyl sites for hydroxylation is 2. The highest BCUT2D eigenvalue weighted by Gasteiger charge is 2.14. The molecule has 7 nitrogen and oxygen atoms in total. The lowest BCUT2D eigenvalue weighted by atomic mass is 10.1. The van der Waals surface area contributed by atoms with Crippen molar-refractivity contribution >= 4 is 39.1 Å². The van der Waals surface area contributed by atoms with Crippen LogP contribution in [0.2, 0.25) is 0 Å². The quantitative estimate of drug-likeness (QED) is 0.556. The summed E-state index contributed by atoms with van der Waals surface area (Å²) in [5, 5.41) is 5.71. The Morgan fingerprint density at radius 1 is 1.21 bits per heavy atom. The number of nitrogens with one attached hydrogen (secondary N) is 2. The molecule has 8 heteroatoms. The van der Waals surface area contributed by atoms with Gasteiger partial charge in [-0.1, -0.05) is 22.0 Å². The number of halogens is 1. The van der Waals surface area contributed by atoms with E-state index in [1.807, 2.05) is 17.6 Å². The SMILES string of the molecule is COc1cc(Br)cc(C)c1NC(=O)c1cccc(NC(=O)CCn2ccnc2)c1. The molecule has 2 N–H and O–H groups in total. The zero-order valence-corrected chi connectivity index (χ0v) is 17.7. The summed E-state index contributed by atoms with van der Waals surface area (Å²) in [6, 6.07) is 10.5. The fourth-order valence-corrected chi connectivity index (χ4v) is 3.38. The molecule has 0 saturated carbocycles. The molecule has 0 aliphatic heterocycles. The van der Waals surface area contributed by atoms with Gasteiger partial charge in [0.2, 0.25) is 5.91 Å². The average molecular weight is 457 g/mol. The summed E-state index contributed by atoms with van der Waals surface area (Å²) in [4.78, 5) is 28.9. The Morgan fingerprint density at radius 3 is 2.76 bits per heavy atom. The lowest BCUT2D eigenvalue weighted by Gasteiger charge is -2.14. The second-order valence-corrected chi connectivity index (χ2v) is 7.35. The molecule has 1 aromatic heterocycles. The molecular weight excluding hydrogens is 436 g/mol. The number of imidazole rings is 1. The normalized spacial score (nSPS) is 10.4. The van der Waals surface area contributed by atoms with Gasteiger partial charge >= 0.3 is 0 Å². The van der Waals surface area contributed by atoms with Gasteiger partial charge in [0.25, 0.3) is 5.91 Å². The Labute approximate surface area is 177 Å². The first-order valence-corrected chi connectivity index (χ1v) is 9.76. The maximum atomic E-state index is 12.7. The fourth-order valence-electron chi connectivity index (χ4n) is 2.83. The van der Waals surface area contributed by atoms with Crippen molar-refractivity contribution in [3.8, 4) is 5.75 Å². The molecule has 2 aromatic carbocycles. The van der Waals surface area contributed by atoms with Gasteiger partial charge in [0.1, 0.15) is 5.75 Å². The van der Waals surface area contributed by atoms with Crippen molar-refractivity contribution in [2.24, 2.45) is 0 Å². The van der Waals surface area contributed by atoms with Gasteiger partial charge in [-0.3, -0.25) is 9.59 Å². The van der Waals surface area contributed by atoms with Crippen LogP contribution < -0.4 is 15.4 Å². The van der Waals surface area contributed by atoms with Crippen molar-refractivity contribution in [2.45, 2.75) is 19.9 Å². The van der Waals surface area contributed by atoms with Crippen LogP contribution in [0.1, 0.15) is 22.3 Å². The molecule has 0 fully saturated rings. The number of aromatic nitrogens is 2. The molecule has 0 saturated heterocycles. The van der Waals surface area contributed by atoms with Gasteiger partial charge in [0.15, 0.2) is 0 Å². The minimum absolute atomic E-state index is 0.137. The number of amides is 2. The van der Waals surface area contributed by atoms with E-state index in [9.17, 15) is 9.59 Å². The van der Waals surface area contributed by atoms with Crippen LogP contribution in [0.5, 0.6) is 5.75 Å². The number of anilines is 2. The Kier molecular flexibility index (Phi) is 6.66. The van der Waals surface area contributed by atoms with Crippen molar-refractivity contribution in [2.75, 3.05) is 17.7 Å². The minimum atomic E-state index is -0.289. The van der Waals surface area contributed by atoms with Crippen LogP contribution in [0, 0.1) is 6.92 Å². The van der Waals surface area contributed by atoms with Crippen molar-refractivity contribution in [1.29, 1.82) is 0 Å². The van der Waals surface area contributed by atoms with E-state index in [0.29, 0.717) is 35.7 Å². The molecule has 29 heavy (non-hydrogen) atoms. The topological polar surface area (TPSA) is 85.3 Å². The number of methoxy groups -OCH3 is 1. The van der Waals surface area contributed by atoms with Crippen molar-refractivity contribution < 1.29 is 14.3 Å². The molecule has 3 rings (SSSR count). The lowest BCUT2D eigenvalue weighted by molar-refractivity contribution is -0.116. The number of ether oxygens (including phenoxy) is 1. The number of benzene rings is 2. The van der Waals surface area contributed by atoms with Crippen molar-refractivity contribution in [3.05, 3.63) is 70.7 Å². The summed E-state index contributed by atoms with van der Waals surface area (Å²) in [6.45, 7) is 2.43. The molecule has 0 unspecified atom stereocenters. The van der Waals surface area contributed by atoms with E-state index < -0.39 is 0 Å². The summed E-state index contributed by atoms with van der Waals surface area (Å²) in [5.41, 5.74) is 2.47. The van der Waals surface area contributed by atoms with E-state index in [4.69, 9.17) is 4.74 Å². The molecule has 1 heterocycles. The van der Waals surface area contributed by atoms with Gasteiger partial charge < -0.3 is 19.9 Å². The second-order valence-electron chi connectivity index (χ2n) is 6.43. The van der Waals surface area contributed by atoms with Gasteiger partial charge in [-0.05, 0) is 42.8 Å². The van der Waals surface area contributed by atoms with Crippen LogP contribution in [0.3, 0.4) is 0 Å². The van der Waals surface area contributed by atoms with E-state index in [2.05, 4.69) is 31.5 Å². The third-order valence-electron chi connectivity index (χ3n) is 4.29. The second kappa shape index (κ2) is 9.38. The van der Waals surface area contributed by atoms with Crippen molar-refractivity contribution in [3.63, 3.8) is 0 Å². The number of carbonyl (C=O) groups is 2.